The Morgan fingerprint density at radius 3 is 2.48 bits per heavy atom. The highest BCUT2D eigenvalue weighted by Gasteiger charge is 2.33. The first-order valence-corrected chi connectivity index (χ1v) is 10.7. The molecule has 3 rings (SSSR count). The third-order valence-corrected chi connectivity index (χ3v) is 5.79. The molecule has 0 spiro atoms. The van der Waals surface area contributed by atoms with Crippen molar-refractivity contribution in [3.05, 3.63) is 24.2 Å². The highest BCUT2D eigenvalue weighted by Crippen LogP contribution is 2.18. The summed E-state index contributed by atoms with van der Waals surface area (Å²) < 4.78 is 5.39. The maximum absolute atomic E-state index is 12.8. The molecule has 1 unspecified atom stereocenters. The predicted molar refractivity (Wildman–Crippen MR) is 131 cm³/mol. The Morgan fingerprint density at radius 1 is 1.19 bits per heavy atom. The molecule has 10 heteroatoms. The number of rotatable bonds is 6. The predicted octanol–water partition coefficient (Wildman–Crippen LogP) is 0.712. The topological polar surface area (TPSA) is 84.6 Å². The average molecular weight is 546 g/mol. The van der Waals surface area contributed by atoms with Crippen molar-refractivity contribution < 1.29 is 14.0 Å². The van der Waals surface area contributed by atoms with Crippen molar-refractivity contribution in [2.24, 2.45) is 4.99 Å². The van der Waals surface area contributed by atoms with E-state index in [4.69, 9.17) is 4.42 Å². The first-order chi connectivity index (χ1) is 14.5. The molecule has 2 saturated heterocycles. The Morgan fingerprint density at radius 2 is 1.90 bits per heavy atom. The Balaban J connectivity index is 0.00000341. The van der Waals surface area contributed by atoms with E-state index in [-0.39, 0.29) is 48.4 Å². The van der Waals surface area contributed by atoms with Crippen molar-refractivity contribution >= 4 is 41.8 Å². The molecule has 0 aromatic carbocycles. The number of nitrogens with zero attached hydrogens (tertiary/aromatic N) is 5. The van der Waals surface area contributed by atoms with Gasteiger partial charge in [0.2, 0.25) is 11.8 Å². The lowest BCUT2D eigenvalue weighted by Gasteiger charge is -2.38. The number of carbonyl (C=O) groups is 2. The van der Waals surface area contributed by atoms with Gasteiger partial charge >= 0.3 is 0 Å². The maximum Gasteiger partial charge on any atom is 0.243 e. The third kappa shape index (κ3) is 7.09. The summed E-state index contributed by atoms with van der Waals surface area (Å²) in [6, 6.07) is 3.84. The summed E-state index contributed by atoms with van der Waals surface area (Å²) in [6.45, 7) is 4.49. The normalized spacial score (nSPS) is 19.8. The number of likely N-dealkylation sites (tertiary alicyclic amines) is 1. The summed E-state index contributed by atoms with van der Waals surface area (Å²) in [5.41, 5.74) is 0. The second kappa shape index (κ2) is 12.3. The SMILES string of the molecule is CN(C)C(=O)CN=C(NCCc1ccco1)N1CCN(C(=O)C2CCCN2C)CC1.I. The molecule has 9 nitrogen and oxygen atoms in total. The van der Waals surface area contributed by atoms with Crippen LogP contribution in [-0.4, -0.2) is 110 Å². The standard InChI is InChI=1S/C21H34N6O3.HI/c1-24(2)19(28)16-23-21(22-9-8-17-6-5-15-30-17)27-13-11-26(12-14-27)20(29)18-7-4-10-25(18)3;/h5-6,15,18H,4,7-14,16H2,1-3H3,(H,22,23);1H. The number of halogens is 1. The van der Waals surface area contributed by atoms with Crippen LogP contribution in [0.2, 0.25) is 0 Å². The number of guanidine groups is 1. The summed E-state index contributed by atoms with van der Waals surface area (Å²) in [4.78, 5) is 37.2. The molecule has 0 bridgehead atoms. The number of aliphatic imine (C=N–C) groups is 1. The van der Waals surface area contributed by atoms with Crippen LogP contribution >= 0.6 is 24.0 Å². The van der Waals surface area contributed by atoms with Crippen LogP contribution in [0.4, 0.5) is 0 Å². The van der Waals surface area contributed by atoms with Crippen LogP contribution in [0, 0.1) is 0 Å². The number of hydrogen-bond donors (Lipinski definition) is 1. The van der Waals surface area contributed by atoms with Crippen molar-refractivity contribution in [2.45, 2.75) is 25.3 Å². The Kier molecular flexibility index (Phi) is 10.1. The van der Waals surface area contributed by atoms with Gasteiger partial charge in [0.25, 0.3) is 0 Å². The quantitative estimate of drug-likeness (QED) is 0.322. The molecule has 174 valence electrons. The largest absolute Gasteiger partial charge is 0.469 e. The number of carbonyl (C=O) groups excluding carboxylic acids is 2. The Hall–Kier alpha value is -1.82. The summed E-state index contributed by atoms with van der Waals surface area (Å²) in [7, 11) is 5.49. The molecular formula is C21H35IN6O3. The number of piperazine rings is 1. The van der Waals surface area contributed by atoms with E-state index in [2.05, 4.69) is 20.1 Å². The van der Waals surface area contributed by atoms with Crippen molar-refractivity contribution in [1.29, 1.82) is 0 Å². The zero-order valence-corrected chi connectivity index (χ0v) is 21.1. The number of furan rings is 1. The van der Waals surface area contributed by atoms with E-state index in [1.54, 1.807) is 25.3 Å². The third-order valence-electron chi connectivity index (χ3n) is 5.79. The van der Waals surface area contributed by atoms with Crippen molar-refractivity contribution in [3.63, 3.8) is 0 Å². The van der Waals surface area contributed by atoms with Gasteiger partial charge in [-0.15, -0.1) is 24.0 Å². The molecule has 2 aliphatic heterocycles. The van der Waals surface area contributed by atoms with Crippen LogP contribution in [-0.2, 0) is 16.0 Å². The van der Waals surface area contributed by atoms with Crippen LogP contribution in [0.25, 0.3) is 0 Å². The van der Waals surface area contributed by atoms with Gasteiger partial charge in [-0.25, -0.2) is 4.99 Å². The molecule has 0 saturated carbocycles. The van der Waals surface area contributed by atoms with Crippen LogP contribution < -0.4 is 5.32 Å². The lowest BCUT2D eigenvalue weighted by Crippen LogP contribution is -2.56. The summed E-state index contributed by atoms with van der Waals surface area (Å²) in [6.07, 6.45) is 4.44. The van der Waals surface area contributed by atoms with E-state index < -0.39 is 0 Å². The fourth-order valence-corrected chi connectivity index (χ4v) is 3.88. The summed E-state index contributed by atoms with van der Waals surface area (Å²) in [5.74, 6) is 1.81. The lowest BCUT2D eigenvalue weighted by molar-refractivity contribution is -0.136. The number of hydrogen-bond acceptors (Lipinski definition) is 5. The number of likely N-dealkylation sites (N-methyl/N-ethyl adjacent to an activating group) is 2. The molecule has 2 amide bonds. The van der Waals surface area contributed by atoms with E-state index in [1.807, 2.05) is 24.1 Å². The molecule has 2 aliphatic rings. The first kappa shape index (κ1) is 25.4. The van der Waals surface area contributed by atoms with Gasteiger partial charge in [-0.05, 0) is 38.6 Å². The second-order valence-corrected chi connectivity index (χ2v) is 8.14. The van der Waals surface area contributed by atoms with Crippen LogP contribution in [0.15, 0.2) is 27.8 Å². The minimum atomic E-state index is -0.0431. The van der Waals surface area contributed by atoms with E-state index in [0.717, 1.165) is 31.6 Å². The lowest BCUT2D eigenvalue weighted by atomic mass is 10.1. The minimum absolute atomic E-state index is 0. The molecular weight excluding hydrogens is 511 g/mol. The van der Waals surface area contributed by atoms with Crippen molar-refractivity contribution in [2.75, 3.05) is 67.0 Å². The van der Waals surface area contributed by atoms with Gasteiger partial charge in [-0.3, -0.25) is 14.5 Å². The van der Waals surface area contributed by atoms with Gasteiger partial charge in [0.05, 0.1) is 12.3 Å². The summed E-state index contributed by atoms with van der Waals surface area (Å²) in [5, 5.41) is 3.36. The van der Waals surface area contributed by atoms with E-state index in [9.17, 15) is 9.59 Å². The van der Waals surface area contributed by atoms with Crippen molar-refractivity contribution in [3.8, 4) is 0 Å². The molecule has 0 radical (unpaired) electrons. The maximum atomic E-state index is 12.8. The van der Waals surface area contributed by atoms with Gasteiger partial charge in [0.15, 0.2) is 5.96 Å². The summed E-state index contributed by atoms with van der Waals surface area (Å²) >= 11 is 0. The average Bonchev–Trinajstić information content (AvgIpc) is 3.41. The number of amides is 2. The molecule has 0 aliphatic carbocycles. The zero-order valence-electron chi connectivity index (χ0n) is 18.7. The first-order valence-electron chi connectivity index (χ1n) is 10.7. The van der Waals surface area contributed by atoms with E-state index >= 15 is 0 Å². The minimum Gasteiger partial charge on any atom is -0.469 e. The highest BCUT2D eigenvalue weighted by atomic mass is 127. The molecule has 31 heavy (non-hydrogen) atoms. The Labute approximate surface area is 201 Å². The molecule has 2 fully saturated rings. The smallest absolute Gasteiger partial charge is 0.243 e. The highest BCUT2D eigenvalue weighted by molar-refractivity contribution is 14.0. The fraction of sp³-hybridized carbons (Fsp3) is 0.667. The van der Waals surface area contributed by atoms with Crippen molar-refractivity contribution in [1.82, 2.24) is 24.9 Å². The van der Waals surface area contributed by atoms with Crippen LogP contribution in [0.1, 0.15) is 18.6 Å². The van der Waals surface area contributed by atoms with Gasteiger partial charge in [-0.1, -0.05) is 0 Å². The van der Waals surface area contributed by atoms with Crippen LogP contribution in [0.3, 0.4) is 0 Å². The molecule has 3 heterocycles. The van der Waals surface area contributed by atoms with E-state index in [1.165, 1.54) is 0 Å². The molecule has 1 aromatic heterocycles. The fourth-order valence-electron chi connectivity index (χ4n) is 3.88. The monoisotopic (exact) mass is 546 g/mol. The second-order valence-electron chi connectivity index (χ2n) is 8.14. The van der Waals surface area contributed by atoms with Gasteiger partial charge in [0.1, 0.15) is 12.3 Å². The zero-order chi connectivity index (χ0) is 21.5. The molecule has 1 atom stereocenters. The van der Waals surface area contributed by atoms with Crippen LogP contribution in [0.5, 0.6) is 0 Å². The Bertz CT molecular complexity index is 731. The van der Waals surface area contributed by atoms with E-state index in [0.29, 0.717) is 38.7 Å². The molecule has 1 N–H and O–H groups in total. The van der Waals surface area contributed by atoms with Gasteiger partial charge < -0.3 is 24.4 Å². The van der Waals surface area contributed by atoms with Gasteiger partial charge in [-0.2, -0.15) is 0 Å². The number of nitrogens with one attached hydrogen (secondary N) is 1. The molecule has 1 aromatic rings. The van der Waals surface area contributed by atoms with Gasteiger partial charge in [0, 0.05) is 53.2 Å².